The Hall–Kier alpha value is -4.08. The van der Waals surface area contributed by atoms with Crippen molar-refractivity contribution in [1.82, 2.24) is 14.9 Å². The van der Waals surface area contributed by atoms with Gasteiger partial charge in [0.15, 0.2) is 0 Å². The highest BCUT2D eigenvalue weighted by atomic mass is 16.6. The number of aromatic nitrogens is 2. The van der Waals surface area contributed by atoms with Crippen LogP contribution in [0.2, 0.25) is 0 Å². The van der Waals surface area contributed by atoms with Crippen LogP contribution in [0.25, 0.3) is 10.9 Å². The second-order valence-electron chi connectivity index (χ2n) is 6.71. The van der Waals surface area contributed by atoms with Crippen molar-refractivity contribution in [3.8, 4) is 0 Å². The number of nitro benzene ring substituents is 1. The van der Waals surface area contributed by atoms with E-state index in [1.54, 1.807) is 6.07 Å². The number of aryl methyl sites for hydroxylation is 1. The van der Waals surface area contributed by atoms with Crippen LogP contribution in [0.4, 0.5) is 11.4 Å². The fourth-order valence-electron chi connectivity index (χ4n) is 2.84. The van der Waals surface area contributed by atoms with Crippen molar-refractivity contribution in [2.45, 2.75) is 20.4 Å². The lowest BCUT2D eigenvalue weighted by Gasteiger charge is -2.11. The molecule has 0 saturated carbocycles. The molecule has 0 aliphatic rings. The van der Waals surface area contributed by atoms with Gasteiger partial charge in [0.1, 0.15) is 6.54 Å². The lowest BCUT2D eigenvalue weighted by Crippen LogP contribution is -2.37. The van der Waals surface area contributed by atoms with Crippen molar-refractivity contribution >= 4 is 34.1 Å². The Kier molecular flexibility index (Phi) is 5.86. The van der Waals surface area contributed by atoms with E-state index in [-0.39, 0.29) is 29.7 Å². The number of carbonyl (C=O) groups is 2. The van der Waals surface area contributed by atoms with E-state index >= 15 is 0 Å². The topological polar surface area (TPSA) is 136 Å². The number of carbonyl (C=O) groups excluding carboxylic acids is 2. The first-order chi connectivity index (χ1) is 14.3. The first kappa shape index (κ1) is 20.6. The minimum Gasteiger partial charge on any atom is -0.345 e. The van der Waals surface area contributed by atoms with Crippen molar-refractivity contribution in [3.63, 3.8) is 0 Å². The molecule has 10 nitrogen and oxygen atoms in total. The van der Waals surface area contributed by atoms with Crippen LogP contribution < -0.4 is 16.2 Å². The Bertz CT molecular complexity index is 1220. The largest absolute Gasteiger partial charge is 0.345 e. The minimum atomic E-state index is -0.614. The Morgan fingerprint density at radius 3 is 2.67 bits per heavy atom. The lowest BCUT2D eigenvalue weighted by atomic mass is 10.1. The zero-order valence-corrected chi connectivity index (χ0v) is 16.3. The third-order valence-electron chi connectivity index (χ3n) is 4.66. The summed E-state index contributed by atoms with van der Waals surface area (Å²) in [5, 5.41) is 16.1. The molecule has 30 heavy (non-hydrogen) atoms. The Balaban J connectivity index is 1.66. The lowest BCUT2D eigenvalue weighted by molar-refractivity contribution is -0.384. The van der Waals surface area contributed by atoms with Crippen molar-refractivity contribution in [1.29, 1.82) is 0 Å². The summed E-state index contributed by atoms with van der Waals surface area (Å²) >= 11 is 0. The zero-order valence-electron chi connectivity index (χ0n) is 16.3. The molecule has 10 heteroatoms. The number of hydrogen-bond donors (Lipinski definition) is 2. The summed E-state index contributed by atoms with van der Waals surface area (Å²) in [6.45, 7) is 3.17. The van der Waals surface area contributed by atoms with Crippen LogP contribution in [-0.2, 0) is 16.1 Å². The number of nitrogens with zero attached hydrogens (tertiary/aromatic N) is 3. The van der Waals surface area contributed by atoms with Gasteiger partial charge in [0.25, 0.3) is 11.2 Å². The molecule has 154 valence electrons. The molecule has 1 aromatic heterocycles. The molecule has 3 aromatic rings. The van der Waals surface area contributed by atoms with Gasteiger partial charge in [-0.15, -0.1) is 0 Å². The predicted octanol–water partition coefficient (Wildman–Crippen LogP) is 1.68. The highest BCUT2D eigenvalue weighted by molar-refractivity contribution is 5.95. The van der Waals surface area contributed by atoms with Crippen LogP contribution in [0.5, 0.6) is 0 Å². The molecule has 0 fully saturated rings. The molecule has 0 aliphatic heterocycles. The molecule has 3 rings (SSSR count). The molecule has 0 spiro atoms. The molecule has 0 saturated heterocycles. The van der Waals surface area contributed by atoms with E-state index in [0.29, 0.717) is 5.69 Å². The number of non-ortho nitro benzene ring substituents is 1. The Morgan fingerprint density at radius 2 is 1.93 bits per heavy atom. The smallest absolute Gasteiger partial charge is 0.270 e. The number of amides is 2. The van der Waals surface area contributed by atoms with Crippen molar-refractivity contribution < 1.29 is 14.5 Å². The maximum atomic E-state index is 12.5. The summed E-state index contributed by atoms with van der Waals surface area (Å²) in [4.78, 5) is 51.1. The molecule has 0 atom stereocenters. The average Bonchev–Trinajstić information content (AvgIpc) is 2.72. The molecule has 2 aromatic carbocycles. The highest BCUT2D eigenvalue weighted by Gasteiger charge is 2.13. The van der Waals surface area contributed by atoms with Gasteiger partial charge in [0.05, 0.1) is 28.7 Å². The van der Waals surface area contributed by atoms with Gasteiger partial charge < -0.3 is 10.6 Å². The number of anilines is 1. The Morgan fingerprint density at radius 1 is 1.17 bits per heavy atom. The van der Waals surface area contributed by atoms with E-state index in [4.69, 9.17) is 0 Å². The molecule has 0 unspecified atom stereocenters. The summed E-state index contributed by atoms with van der Waals surface area (Å²) in [6, 6.07) is 9.26. The highest BCUT2D eigenvalue weighted by Crippen LogP contribution is 2.18. The van der Waals surface area contributed by atoms with Crippen molar-refractivity contribution in [3.05, 3.63) is 74.3 Å². The van der Waals surface area contributed by atoms with Crippen molar-refractivity contribution in [2.24, 2.45) is 0 Å². The van der Waals surface area contributed by atoms with Gasteiger partial charge in [-0.1, -0.05) is 12.1 Å². The summed E-state index contributed by atoms with van der Waals surface area (Å²) < 4.78 is 1.03. The van der Waals surface area contributed by atoms with Gasteiger partial charge in [-0.05, 0) is 37.1 Å². The molecular formula is C20H19N5O5. The number of nitro groups is 1. The monoisotopic (exact) mass is 409 g/mol. The molecule has 1 heterocycles. The predicted molar refractivity (Wildman–Crippen MR) is 110 cm³/mol. The fourth-order valence-corrected chi connectivity index (χ4v) is 2.84. The maximum absolute atomic E-state index is 12.5. The van der Waals surface area contributed by atoms with Crippen LogP contribution in [0, 0.1) is 24.0 Å². The molecule has 0 aliphatic carbocycles. The minimum absolute atomic E-state index is 0.0344. The standard InChI is InChI=1S/C20H19N5O5/c1-12-4-3-5-16(13(12)2)23-18(26)9-21-19(27)10-24-11-22-17-7-6-14(25(29)30)8-15(17)20(24)28/h3-8,11H,9-10H2,1-2H3,(H,21,27)(H,23,26). The number of fused-ring (bicyclic) bond motifs is 1. The quantitative estimate of drug-likeness (QED) is 0.469. The summed E-state index contributed by atoms with van der Waals surface area (Å²) in [6.07, 6.45) is 1.19. The van der Waals surface area contributed by atoms with Crippen molar-refractivity contribution in [2.75, 3.05) is 11.9 Å². The molecule has 0 radical (unpaired) electrons. The number of hydrogen-bond acceptors (Lipinski definition) is 6. The number of benzene rings is 2. The van der Waals surface area contributed by atoms with Gasteiger partial charge in [-0.25, -0.2) is 4.98 Å². The van der Waals surface area contributed by atoms with E-state index in [1.165, 1.54) is 18.5 Å². The van der Waals surface area contributed by atoms with E-state index in [0.717, 1.165) is 21.8 Å². The van der Waals surface area contributed by atoms with Crippen LogP contribution in [0.3, 0.4) is 0 Å². The van der Waals surface area contributed by atoms with Gasteiger partial charge in [-0.2, -0.15) is 0 Å². The van der Waals surface area contributed by atoms with Crippen LogP contribution in [0.15, 0.2) is 47.5 Å². The van der Waals surface area contributed by atoms with Crippen LogP contribution in [0.1, 0.15) is 11.1 Å². The van der Waals surface area contributed by atoms with E-state index in [1.807, 2.05) is 26.0 Å². The van der Waals surface area contributed by atoms with E-state index in [9.17, 15) is 24.5 Å². The molecule has 0 bridgehead atoms. The normalized spacial score (nSPS) is 10.6. The number of rotatable bonds is 6. The van der Waals surface area contributed by atoms with Gasteiger partial charge in [0.2, 0.25) is 11.8 Å². The summed E-state index contributed by atoms with van der Waals surface area (Å²) in [5.41, 5.74) is 2.08. The summed E-state index contributed by atoms with van der Waals surface area (Å²) in [7, 11) is 0. The van der Waals surface area contributed by atoms with E-state index < -0.39 is 22.3 Å². The third-order valence-corrected chi connectivity index (χ3v) is 4.66. The van der Waals surface area contributed by atoms with Gasteiger partial charge >= 0.3 is 0 Å². The molecular weight excluding hydrogens is 390 g/mol. The van der Waals surface area contributed by atoms with Crippen LogP contribution >= 0.6 is 0 Å². The Labute approximate surface area is 170 Å². The van der Waals surface area contributed by atoms with Gasteiger partial charge in [0, 0.05) is 17.8 Å². The second-order valence-corrected chi connectivity index (χ2v) is 6.71. The van der Waals surface area contributed by atoms with E-state index in [2.05, 4.69) is 15.6 Å². The average molecular weight is 409 g/mol. The maximum Gasteiger partial charge on any atom is 0.270 e. The summed E-state index contributed by atoms with van der Waals surface area (Å²) in [5.74, 6) is -0.976. The first-order valence-electron chi connectivity index (χ1n) is 9.02. The molecule has 2 amide bonds. The molecule has 2 N–H and O–H groups in total. The SMILES string of the molecule is Cc1cccc(NC(=O)CNC(=O)Cn2cnc3ccc([N+](=O)[O-])cc3c2=O)c1C. The van der Waals surface area contributed by atoms with Gasteiger partial charge in [-0.3, -0.25) is 29.1 Å². The third kappa shape index (κ3) is 4.49. The number of nitrogens with one attached hydrogen (secondary N) is 2. The fraction of sp³-hybridized carbons (Fsp3) is 0.200. The first-order valence-corrected chi connectivity index (χ1v) is 9.02. The van der Waals surface area contributed by atoms with Crippen LogP contribution in [-0.4, -0.2) is 32.8 Å². The zero-order chi connectivity index (χ0) is 21.8. The second kappa shape index (κ2) is 8.52.